The van der Waals surface area contributed by atoms with Crippen molar-refractivity contribution in [3.05, 3.63) is 47.6 Å². The van der Waals surface area contributed by atoms with E-state index in [2.05, 4.69) is 64.2 Å². The first-order chi connectivity index (χ1) is 9.98. The molecule has 21 heavy (non-hydrogen) atoms. The van der Waals surface area contributed by atoms with Gasteiger partial charge in [0.15, 0.2) is 0 Å². The third-order valence-electron chi connectivity index (χ3n) is 4.36. The summed E-state index contributed by atoms with van der Waals surface area (Å²) in [7, 11) is 0. The lowest BCUT2D eigenvalue weighted by molar-refractivity contribution is -0.0280. The van der Waals surface area contributed by atoms with Crippen molar-refractivity contribution < 1.29 is 4.74 Å². The molecule has 1 heteroatoms. The van der Waals surface area contributed by atoms with E-state index in [9.17, 15) is 0 Å². The van der Waals surface area contributed by atoms with Crippen molar-refractivity contribution in [3.8, 4) is 0 Å². The molecular formula is C20H30O. The second-order valence-electron chi connectivity index (χ2n) is 7.25. The fraction of sp³-hybridized carbons (Fsp3) is 0.600. The molecule has 0 N–H and O–H groups in total. The minimum atomic E-state index is -0.150. The minimum absolute atomic E-state index is 0.139. The van der Waals surface area contributed by atoms with Crippen LogP contribution in [0.1, 0.15) is 59.8 Å². The maximum Gasteiger partial charge on any atom is 0.0973 e. The van der Waals surface area contributed by atoms with Crippen LogP contribution in [0.25, 0.3) is 0 Å². The molecule has 2 aliphatic rings. The topological polar surface area (TPSA) is 9.23 Å². The van der Waals surface area contributed by atoms with E-state index < -0.39 is 0 Å². The summed E-state index contributed by atoms with van der Waals surface area (Å²) in [5.74, 6) is 0. The van der Waals surface area contributed by atoms with Gasteiger partial charge in [0, 0.05) is 13.0 Å². The number of rotatable bonds is 6. The van der Waals surface area contributed by atoms with Gasteiger partial charge in [0.2, 0.25) is 0 Å². The summed E-state index contributed by atoms with van der Waals surface area (Å²) >= 11 is 0. The van der Waals surface area contributed by atoms with Crippen LogP contribution < -0.4 is 0 Å². The zero-order valence-electron chi connectivity index (χ0n) is 14.1. The Kier molecular flexibility index (Phi) is 5.27. The standard InChI is InChI=1S/C20H30O/c1-5-6-15-21-20(16-17-11-7-8-12-17)14-10-9-13-18(20)19(2,3)4/h7,9-13H,5-6,8,14-16H2,1-4H3. The molecule has 0 saturated heterocycles. The number of hydrogen-bond donors (Lipinski definition) is 0. The Labute approximate surface area is 130 Å². The molecule has 0 aromatic rings. The molecule has 0 aliphatic heterocycles. The van der Waals surface area contributed by atoms with E-state index in [1.807, 2.05) is 0 Å². The second kappa shape index (κ2) is 6.79. The number of hydrogen-bond acceptors (Lipinski definition) is 1. The first kappa shape index (κ1) is 16.3. The van der Waals surface area contributed by atoms with Gasteiger partial charge in [0.1, 0.15) is 0 Å². The third-order valence-corrected chi connectivity index (χ3v) is 4.36. The molecule has 2 aliphatic carbocycles. The largest absolute Gasteiger partial charge is 0.370 e. The van der Waals surface area contributed by atoms with E-state index in [4.69, 9.17) is 4.74 Å². The van der Waals surface area contributed by atoms with Gasteiger partial charge in [-0.05, 0) is 35.8 Å². The summed E-state index contributed by atoms with van der Waals surface area (Å²) in [6, 6.07) is 0. The van der Waals surface area contributed by atoms with Crippen molar-refractivity contribution in [2.24, 2.45) is 5.41 Å². The zero-order chi connectivity index (χ0) is 15.3. The molecule has 1 unspecified atom stereocenters. The van der Waals surface area contributed by atoms with Crippen LogP contribution in [0.4, 0.5) is 0 Å². The normalized spacial score (nSPS) is 25.1. The highest BCUT2D eigenvalue weighted by atomic mass is 16.5. The Morgan fingerprint density at radius 2 is 2.05 bits per heavy atom. The highest BCUT2D eigenvalue weighted by Crippen LogP contribution is 2.45. The van der Waals surface area contributed by atoms with Crippen molar-refractivity contribution in [2.75, 3.05) is 6.61 Å². The van der Waals surface area contributed by atoms with Crippen LogP contribution in [0.5, 0.6) is 0 Å². The average Bonchev–Trinajstić information content (AvgIpc) is 2.91. The first-order valence-electron chi connectivity index (χ1n) is 8.35. The van der Waals surface area contributed by atoms with E-state index in [-0.39, 0.29) is 11.0 Å². The highest BCUT2D eigenvalue weighted by molar-refractivity contribution is 5.38. The Morgan fingerprint density at radius 1 is 1.24 bits per heavy atom. The summed E-state index contributed by atoms with van der Waals surface area (Å²) < 4.78 is 6.52. The summed E-state index contributed by atoms with van der Waals surface area (Å²) in [6.45, 7) is 9.98. The number of unbranched alkanes of at least 4 members (excludes halogenated alkanes) is 1. The molecule has 1 nitrogen and oxygen atoms in total. The molecular weight excluding hydrogens is 256 g/mol. The lowest BCUT2D eigenvalue weighted by Crippen LogP contribution is -2.41. The van der Waals surface area contributed by atoms with Gasteiger partial charge in [0.05, 0.1) is 5.60 Å². The van der Waals surface area contributed by atoms with Crippen LogP contribution >= 0.6 is 0 Å². The molecule has 0 radical (unpaired) electrons. The average molecular weight is 286 g/mol. The minimum Gasteiger partial charge on any atom is -0.370 e. The van der Waals surface area contributed by atoms with Gasteiger partial charge in [-0.3, -0.25) is 0 Å². The van der Waals surface area contributed by atoms with E-state index in [0.717, 1.165) is 32.3 Å². The van der Waals surface area contributed by atoms with Gasteiger partial charge in [-0.2, -0.15) is 0 Å². The van der Waals surface area contributed by atoms with Crippen LogP contribution in [0.15, 0.2) is 47.6 Å². The van der Waals surface area contributed by atoms with Gasteiger partial charge in [-0.1, -0.05) is 70.6 Å². The van der Waals surface area contributed by atoms with Gasteiger partial charge in [-0.15, -0.1) is 0 Å². The smallest absolute Gasteiger partial charge is 0.0973 e. The Balaban J connectivity index is 2.27. The molecule has 0 amide bonds. The Hall–Kier alpha value is -1.08. The van der Waals surface area contributed by atoms with Crippen molar-refractivity contribution in [3.63, 3.8) is 0 Å². The first-order valence-corrected chi connectivity index (χ1v) is 8.35. The molecule has 0 saturated carbocycles. The summed E-state index contributed by atoms with van der Waals surface area (Å²) in [5, 5.41) is 0. The van der Waals surface area contributed by atoms with E-state index >= 15 is 0 Å². The Morgan fingerprint density at radius 3 is 2.67 bits per heavy atom. The van der Waals surface area contributed by atoms with Gasteiger partial charge in [0.25, 0.3) is 0 Å². The molecule has 0 aromatic carbocycles. The third kappa shape index (κ3) is 3.97. The van der Waals surface area contributed by atoms with Crippen molar-refractivity contribution in [1.82, 2.24) is 0 Å². The van der Waals surface area contributed by atoms with Crippen LogP contribution in [-0.4, -0.2) is 12.2 Å². The summed E-state index contributed by atoms with van der Waals surface area (Å²) in [6.07, 6.45) is 19.0. The molecule has 0 bridgehead atoms. The lowest BCUT2D eigenvalue weighted by Gasteiger charge is -2.43. The van der Waals surface area contributed by atoms with E-state index in [1.54, 1.807) is 0 Å². The van der Waals surface area contributed by atoms with Gasteiger partial charge in [-0.25, -0.2) is 0 Å². The van der Waals surface area contributed by atoms with Crippen LogP contribution in [-0.2, 0) is 4.74 Å². The number of allylic oxidation sites excluding steroid dienone is 5. The molecule has 116 valence electrons. The monoisotopic (exact) mass is 286 g/mol. The van der Waals surface area contributed by atoms with E-state index in [0.29, 0.717) is 0 Å². The predicted octanol–water partition coefficient (Wildman–Crippen LogP) is 5.75. The zero-order valence-corrected chi connectivity index (χ0v) is 14.1. The fourth-order valence-electron chi connectivity index (χ4n) is 3.35. The highest BCUT2D eigenvalue weighted by Gasteiger charge is 2.41. The SMILES string of the molecule is CCCCOC1(CC2=CCC=C2)CC=CC=C1C(C)(C)C. The van der Waals surface area contributed by atoms with Crippen LogP contribution in [0.2, 0.25) is 0 Å². The molecule has 0 fully saturated rings. The fourth-order valence-corrected chi connectivity index (χ4v) is 3.35. The molecule has 0 spiro atoms. The van der Waals surface area contributed by atoms with Crippen LogP contribution in [0, 0.1) is 5.41 Å². The second-order valence-corrected chi connectivity index (χ2v) is 7.25. The van der Waals surface area contributed by atoms with Gasteiger partial charge >= 0.3 is 0 Å². The number of ether oxygens (including phenoxy) is 1. The lowest BCUT2D eigenvalue weighted by atomic mass is 9.70. The predicted molar refractivity (Wildman–Crippen MR) is 91.3 cm³/mol. The van der Waals surface area contributed by atoms with Crippen LogP contribution in [0.3, 0.4) is 0 Å². The molecule has 0 heterocycles. The maximum absolute atomic E-state index is 6.52. The summed E-state index contributed by atoms with van der Waals surface area (Å²) in [4.78, 5) is 0. The Bertz CT molecular complexity index is 471. The van der Waals surface area contributed by atoms with Gasteiger partial charge < -0.3 is 4.74 Å². The van der Waals surface area contributed by atoms with E-state index in [1.165, 1.54) is 17.6 Å². The molecule has 1 atom stereocenters. The molecule has 0 aromatic heterocycles. The maximum atomic E-state index is 6.52. The summed E-state index contributed by atoms with van der Waals surface area (Å²) in [5.41, 5.74) is 2.86. The molecule has 2 rings (SSSR count). The van der Waals surface area contributed by atoms with Crippen molar-refractivity contribution >= 4 is 0 Å². The van der Waals surface area contributed by atoms with Crippen molar-refractivity contribution in [2.45, 2.75) is 65.4 Å². The quantitative estimate of drug-likeness (QED) is 0.565. The van der Waals surface area contributed by atoms with Crippen molar-refractivity contribution in [1.29, 1.82) is 0 Å².